The first-order valence-corrected chi connectivity index (χ1v) is 10.5. The molecule has 0 amide bonds. The highest BCUT2D eigenvalue weighted by Gasteiger charge is 2.22. The Morgan fingerprint density at radius 3 is 2.48 bits per heavy atom. The molecule has 8 heteroatoms. The van der Waals surface area contributed by atoms with E-state index in [4.69, 9.17) is 9.88 Å². The summed E-state index contributed by atoms with van der Waals surface area (Å²) < 4.78 is 29.3. The van der Waals surface area contributed by atoms with Crippen LogP contribution in [0.15, 0.2) is 52.3 Å². The highest BCUT2D eigenvalue weighted by molar-refractivity contribution is 7.98. The van der Waals surface area contributed by atoms with Crippen LogP contribution in [0.3, 0.4) is 0 Å². The third kappa shape index (κ3) is 4.89. The van der Waals surface area contributed by atoms with E-state index in [1.165, 1.54) is 6.07 Å². The van der Waals surface area contributed by atoms with Crippen molar-refractivity contribution >= 4 is 34.2 Å². The number of hydrogen-bond acceptors (Lipinski definition) is 5. The number of benzene rings is 2. The monoisotopic (exact) mass is 400 g/mol. The van der Waals surface area contributed by atoms with Crippen LogP contribution in [0.1, 0.15) is 24.4 Å². The Balaban J connectivity index is 0.00000225. The molecule has 1 aliphatic heterocycles. The van der Waals surface area contributed by atoms with Gasteiger partial charge in [-0.25, -0.2) is 13.6 Å². The molecule has 1 heterocycles. The van der Waals surface area contributed by atoms with Crippen LogP contribution in [0.4, 0.5) is 0 Å². The number of rotatable bonds is 5. The molecule has 1 atom stereocenters. The molecule has 3 N–H and O–H groups in total. The fourth-order valence-corrected chi connectivity index (χ4v) is 3.75. The molecule has 0 spiro atoms. The van der Waals surface area contributed by atoms with Crippen molar-refractivity contribution in [2.45, 2.75) is 28.7 Å². The van der Waals surface area contributed by atoms with Gasteiger partial charge in [0.05, 0.1) is 4.90 Å². The van der Waals surface area contributed by atoms with Crippen molar-refractivity contribution in [2.75, 3.05) is 12.8 Å². The number of primary sulfonamides is 1. The minimum atomic E-state index is -3.74. The summed E-state index contributed by atoms with van der Waals surface area (Å²) in [5.74, 6) is 1.37. The molecule has 1 fully saturated rings. The van der Waals surface area contributed by atoms with E-state index in [-0.39, 0.29) is 23.3 Å². The minimum Gasteiger partial charge on any atom is -0.457 e. The Morgan fingerprint density at radius 2 is 1.92 bits per heavy atom. The number of thioether (sulfide) groups is 1. The molecule has 0 aromatic heterocycles. The molecule has 1 unspecified atom stereocenters. The number of halogens is 1. The first-order valence-electron chi connectivity index (χ1n) is 7.69. The molecule has 2 aromatic rings. The van der Waals surface area contributed by atoms with Gasteiger partial charge in [0.15, 0.2) is 0 Å². The average molecular weight is 401 g/mol. The van der Waals surface area contributed by atoms with Gasteiger partial charge in [-0.15, -0.1) is 24.2 Å². The summed E-state index contributed by atoms with van der Waals surface area (Å²) in [5.41, 5.74) is 0.827. The van der Waals surface area contributed by atoms with Crippen LogP contribution in [-0.2, 0) is 10.0 Å². The van der Waals surface area contributed by atoms with Gasteiger partial charge in [-0.3, -0.25) is 0 Å². The quantitative estimate of drug-likeness (QED) is 0.748. The van der Waals surface area contributed by atoms with E-state index >= 15 is 0 Å². The van der Waals surface area contributed by atoms with Crippen molar-refractivity contribution in [2.24, 2.45) is 5.14 Å². The van der Waals surface area contributed by atoms with Crippen molar-refractivity contribution in [1.29, 1.82) is 0 Å². The molecule has 0 saturated carbocycles. The molecular formula is C17H21ClN2O3S2. The molecule has 136 valence electrons. The Kier molecular flexibility index (Phi) is 6.76. The van der Waals surface area contributed by atoms with E-state index < -0.39 is 10.0 Å². The lowest BCUT2D eigenvalue weighted by Crippen LogP contribution is -2.16. The third-order valence-corrected chi connectivity index (χ3v) is 5.69. The normalized spacial score (nSPS) is 17.1. The Bertz CT molecular complexity index is 820. The van der Waals surface area contributed by atoms with Gasteiger partial charge in [-0.1, -0.05) is 0 Å². The highest BCUT2D eigenvalue weighted by Crippen LogP contribution is 2.35. The van der Waals surface area contributed by atoms with Crippen LogP contribution in [0.25, 0.3) is 0 Å². The standard InChI is InChI=1S/C17H20N2O3S2.ClH/c1-23-13-6-4-12(5-7-13)22-17-9-8-14(24(18,20)21)11-15(17)16-3-2-10-19-16;/h4-9,11,16,19H,2-3,10H2,1H3,(H2,18,20,21);1H. The first-order chi connectivity index (χ1) is 11.5. The molecule has 1 saturated heterocycles. The number of ether oxygens (including phenoxy) is 1. The summed E-state index contributed by atoms with van der Waals surface area (Å²) in [6.45, 7) is 0.909. The number of nitrogens with one attached hydrogen (secondary N) is 1. The first kappa shape index (κ1) is 20.1. The summed E-state index contributed by atoms with van der Waals surface area (Å²) in [6, 6.07) is 12.7. The summed E-state index contributed by atoms with van der Waals surface area (Å²) in [6.07, 6.45) is 4.01. The van der Waals surface area contributed by atoms with E-state index in [1.54, 1.807) is 23.9 Å². The third-order valence-electron chi connectivity index (χ3n) is 4.03. The lowest BCUT2D eigenvalue weighted by Gasteiger charge is -2.17. The number of sulfonamides is 1. The number of hydrogen-bond donors (Lipinski definition) is 2. The van der Waals surface area contributed by atoms with Crippen LogP contribution in [0.5, 0.6) is 11.5 Å². The van der Waals surface area contributed by atoms with Crippen LogP contribution >= 0.6 is 24.2 Å². The van der Waals surface area contributed by atoms with Gasteiger partial charge in [-0.05, 0) is 68.1 Å². The smallest absolute Gasteiger partial charge is 0.238 e. The Morgan fingerprint density at radius 1 is 1.20 bits per heavy atom. The van der Waals surface area contributed by atoms with Crippen LogP contribution in [0.2, 0.25) is 0 Å². The number of nitrogens with two attached hydrogens (primary N) is 1. The van der Waals surface area contributed by atoms with Crippen LogP contribution in [-0.4, -0.2) is 21.2 Å². The van der Waals surface area contributed by atoms with E-state index in [0.717, 1.165) is 35.6 Å². The summed E-state index contributed by atoms with van der Waals surface area (Å²) in [4.78, 5) is 1.26. The van der Waals surface area contributed by atoms with Crippen LogP contribution in [0, 0.1) is 0 Å². The van der Waals surface area contributed by atoms with Gasteiger partial charge in [0.25, 0.3) is 0 Å². The predicted octanol–water partition coefficient (Wildman–Crippen LogP) is 3.69. The van der Waals surface area contributed by atoms with Gasteiger partial charge in [0, 0.05) is 16.5 Å². The minimum absolute atomic E-state index is 0. The fourth-order valence-electron chi connectivity index (χ4n) is 2.79. The molecule has 1 aliphatic rings. The highest BCUT2D eigenvalue weighted by atomic mass is 35.5. The molecule has 5 nitrogen and oxygen atoms in total. The molecule has 0 radical (unpaired) electrons. The topological polar surface area (TPSA) is 81.4 Å². The summed E-state index contributed by atoms with van der Waals surface area (Å²) >= 11 is 1.67. The van der Waals surface area contributed by atoms with Gasteiger partial charge in [0.2, 0.25) is 10.0 Å². The zero-order chi connectivity index (χ0) is 17.2. The SMILES string of the molecule is CSc1ccc(Oc2ccc(S(N)(=O)=O)cc2C2CCCN2)cc1.Cl. The largest absolute Gasteiger partial charge is 0.457 e. The molecule has 0 aliphatic carbocycles. The van der Waals surface area contributed by atoms with Gasteiger partial charge in [0.1, 0.15) is 11.5 Å². The molecular weight excluding hydrogens is 380 g/mol. The molecule has 3 rings (SSSR count). The second-order valence-electron chi connectivity index (χ2n) is 5.67. The maximum Gasteiger partial charge on any atom is 0.238 e. The van der Waals surface area contributed by atoms with Crippen molar-refractivity contribution < 1.29 is 13.2 Å². The van der Waals surface area contributed by atoms with Crippen molar-refractivity contribution in [1.82, 2.24) is 5.32 Å². The van der Waals surface area contributed by atoms with E-state index in [1.807, 2.05) is 30.5 Å². The van der Waals surface area contributed by atoms with E-state index in [0.29, 0.717) is 5.75 Å². The average Bonchev–Trinajstić information content (AvgIpc) is 3.09. The lowest BCUT2D eigenvalue weighted by molar-refractivity contribution is 0.464. The van der Waals surface area contributed by atoms with E-state index in [9.17, 15) is 8.42 Å². The predicted molar refractivity (Wildman–Crippen MR) is 103 cm³/mol. The van der Waals surface area contributed by atoms with Gasteiger partial charge < -0.3 is 10.1 Å². The van der Waals surface area contributed by atoms with E-state index in [2.05, 4.69) is 5.32 Å². The molecule has 0 bridgehead atoms. The van der Waals surface area contributed by atoms with Gasteiger partial charge in [-0.2, -0.15) is 0 Å². The maximum absolute atomic E-state index is 11.7. The second kappa shape index (κ2) is 8.42. The Hall–Kier alpha value is -1.25. The van der Waals surface area contributed by atoms with Crippen molar-refractivity contribution in [3.05, 3.63) is 48.0 Å². The fraction of sp³-hybridized carbons (Fsp3) is 0.294. The van der Waals surface area contributed by atoms with Crippen LogP contribution < -0.4 is 15.2 Å². The summed E-state index contributed by atoms with van der Waals surface area (Å²) in [7, 11) is -3.74. The Labute approximate surface area is 158 Å². The maximum atomic E-state index is 11.7. The van der Waals surface area contributed by atoms with Crippen molar-refractivity contribution in [3.63, 3.8) is 0 Å². The molecule has 25 heavy (non-hydrogen) atoms. The lowest BCUT2D eigenvalue weighted by atomic mass is 10.0. The summed E-state index contributed by atoms with van der Waals surface area (Å²) in [5, 5.41) is 8.64. The van der Waals surface area contributed by atoms with Crippen molar-refractivity contribution in [3.8, 4) is 11.5 Å². The second-order valence-corrected chi connectivity index (χ2v) is 8.11. The molecule has 2 aromatic carbocycles. The van der Waals surface area contributed by atoms with Gasteiger partial charge >= 0.3 is 0 Å². The zero-order valence-corrected chi connectivity index (χ0v) is 16.2. The zero-order valence-electron chi connectivity index (χ0n) is 13.8.